The van der Waals surface area contributed by atoms with Gasteiger partial charge in [-0.2, -0.15) is 0 Å². The van der Waals surface area contributed by atoms with Crippen LogP contribution in [-0.2, 0) is 5.88 Å². The molecule has 2 aromatic carbocycles. The van der Waals surface area contributed by atoms with Crippen molar-refractivity contribution in [1.29, 1.82) is 0 Å². The van der Waals surface area contributed by atoms with Crippen molar-refractivity contribution in [2.24, 2.45) is 0 Å². The largest absolute Gasteiger partial charge is 0.295 e. The molecular formula is C15H12ClFN2. The number of aryl methyl sites for hydroxylation is 1. The maximum Gasteiger partial charge on any atom is 0.129 e. The van der Waals surface area contributed by atoms with Gasteiger partial charge in [-0.3, -0.25) is 4.57 Å². The summed E-state index contributed by atoms with van der Waals surface area (Å²) in [6, 6.07) is 13.1. The molecule has 0 N–H and O–H groups in total. The van der Waals surface area contributed by atoms with Crippen LogP contribution in [0.5, 0.6) is 0 Å². The van der Waals surface area contributed by atoms with E-state index in [1.165, 1.54) is 6.07 Å². The van der Waals surface area contributed by atoms with Crippen molar-refractivity contribution in [3.05, 3.63) is 59.7 Å². The number of benzene rings is 2. The Morgan fingerprint density at radius 2 is 1.95 bits per heavy atom. The van der Waals surface area contributed by atoms with Crippen molar-refractivity contribution in [3.63, 3.8) is 0 Å². The summed E-state index contributed by atoms with van der Waals surface area (Å²) in [5.41, 5.74) is 3.08. The van der Waals surface area contributed by atoms with E-state index in [-0.39, 0.29) is 11.7 Å². The molecule has 0 aliphatic heterocycles. The zero-order chi connectivity index (χ0) is 13.4. The number of halogens is 2. The van der Waals surface area contributed by atoms with Gasteiger partial charge in [-0.15, -0.1) is 11.6 Å². The van der Waals surface area contributed by atoms with Gasteiger partial charge in [0.1, 0.15) is 11.6 Å². The third-order valence-corrected chi connectivity index (χ3v) is 3.38. The fourth-order valence-electron chi connectivity index (χ4n) is 2.21. The van der Waals surface area contributed by atoms with Crippen LogP contribution in [0.15, 0.2) is 42.5 Å². The van der Waals surface area contributed by atoms with Crippen LogP contribution in [0.3, 0.4) is 0 Å². The van der Waals surface area contributed by atoms with E-state index in [9.17, 15) is 4.39 Å². The average Bonchev–Trinajstić information content (AvgIpc) is 2.78. The topological polar surface area (TPSA) is 17.8 Å². The molecule has 0 bridgehead atoms. The molecule has 19 heavy (non-hydrogen) atoms. The van der Waals surface area contributed by atoms with Gasteiger partial charge in [-0.1, -0.05) is 18.2 Å². The molecule has 0 atom stereocenters. The number of hydrogen-bond donors (Lipinski definition) is 0. The summed E-state index contributed by atoms with van der Waals surface area (Å²) in [5, 5.41) is 0. The molecule has 4 heteroatoms. The SMILES string of the molecule is Cc1cc2c(cc1F)nc(CCl)n2-c1ccccc1. The van der Waals surface area contributed by atoms with Crippen LogP contribution >= 0.6 is 11.6 Å². The first-order chi connectivity index (χ1) is 9.20. The first-order valence-corrected chi connectivity index (χ1v) is 6.53. The van der Waals surface area contributed by atoms with E-state index in [1.807, 2.05) is 34.9 Å². The average molecular weight is 275 g/mol. The van der Waals surface area contributed by atoms with E-state index in [4.69, 9.17) is 11.6 Å². The third-order valence-electron chi connectivity index (χ3n) is 3.14. The van der Waals surface area contributed by atoms with Gasteiger partial charge in [-0.05, 0) is 30.7 Å². The standard InChI is InChI=1S/C15H12ClFN2/c1-10-7-14-13(8-12(10)17)18-15(9-16)19(14)11-5-3-2-4-6-11/h2-8H,9H2,1H3. The van der Waals surface area contributed by atoms with Gasteiger partial charge in [0.05, 0.1) is 16.9 Å². The van der Waals surface area contributed by atoms with E-state index in [1.54, 1.807) is 13.0 Å². The lowest BCUT2D eigenvalue weighted by Crippen LogP contribution is -1.99. The van der Waals surface area contributed by atoms with Crippen molar-refractivity contribution in [2.45, 2.75) is 12.8 Å². The fourth-order valence-corrected chi connectivity index (χ4v) is 2.39. The molecule has 3 aromatic rings. The molecule has 2 nitrogen and oxygen atoms in total. The smallest absolute Gasteiger partial charge is 0.129 e. The summed E-state index contributed by atoms with van der Waals surface area (Å²) < 4.78 is 15.6. The lowest BCUT2D eigenvalue weighted by Gasteiger charge is -2.07. The van der Waals surface area contributed by atoms with Gasteiger partial charge in [-0.25, -0.2) is 9.37 Å². The second-order valence-corrected chi connectivity index (χ2v) is 4.69. The van der Waals surface area contributed by atoms with Crippen molar-refractivity contribution >= 4 is 22.6 Å². The van der Waals surface area contributed by atoms with Crippen LogP contribution in [0.2, 0.25) is 0 Å². The Balaban J connectivity index is 2.36. The fraction of sp³-hybridized carbons (Fsp3) is 0.133. The minimum Gasteiger partial charge on any atom is -0.295 e. The highest BCUT2D eigenvalue weighted by atomic mass is 35.5. The van der Waals surface area contributed by atoms with Crippen LogP contribution in [0, 0.1) is 12.7 Å². The molecule has 0 fully saturated rings. The predicted molar refractivity (Wildman–Crippen MR) is 75.3 cm³/mol. The second kappa shape index (κ2) is 4.67. The first-order valence-electron chi connectivity index (χ1n) is 5.99. The number of rotatable bonds is 2. The van der Waals surface area contributed by atoms with E-state index in [2.05, 4.69) is 4.98 Å². The number of alkyl halides is 1. The Labute approximate surface area is 115 Å². The van der Waals surface area contributed by atoms with E-state index in [0.717, 1.165) is 11.2 Å². The first kappa shape index (κ1) is 12.2. The Kier molecular flexibility index (Phi) is 2.99. The Hall–Kier alpha value is -1.87. The number of nitrogens with zero attached hydrogens (tertiary/aromatic N) is 2. The summed E-state index contributed by atoms with van der Waals surface area (Å²) in [4.78, 5) is 4.40. The molecule has 1 heterocycles. The van der Waals surface area contributed by atoms with Crippen LogP contribution < -0.4 is 0 Å². The highest BCUT2D eigenvalue weighted by Gasteiger charge is 2.13. The number of fused-ring (bicyclic) bond motifs is 1. The number of imidazole rings is 1. The van der Waals surface area contributed by atoms with E-state index >= 15 is 0 Å². The van der Waals surface area contributed by atoms with Gasteiger partial charge in [0.2, 0.25) is 0 Å². The highest BCUT2D eigenvalue weighted by molar-refractivity contribution is 6.17. The Morgan fingerprint density at radius 3 is 2.63 bits per heavy atom. The minimum absolute atomic E-state index is 0.244. The number of hydrogen-bond acceptors (Lipinski definition) is 1. The second-order valence-electron chi connectivity index (χ2n) is 4.42. The Morgan fingerprint density at radius 1 is 1.21 bits per heavy atom. The van der Waals surface area contributed by atoms with Crippen LogP contribution in [0.4, 0.5) is 4.39 Å². The summed E-state index contributed by atoms with van der Waals surface area (Å²) >= 11 is 5.96. The molecule has 1 aromatic heterocycles. The summed E-state index contributed by atoms with van der Waals surface area (Å²) in [6.07, 6.45) is 0. The van der Waals surface area contributed by atoms with E-state index in [0.29, 0.717) is 16.9 Å². The van der Waals surface area contributed by atoms with E-state index < -0.39 is 0 Å². The Bertz CT molecular complexity index is 735. The zero-order valence-corrected chi connectivity index (χ0v) is 11.2. The predicted octanol–water partition coefficient (Wildman–Crippen LogP) is 4.21. The molecule has 0 amide bonds. The van der Waals surface area contributed by atoms with Gasteiger partial charge in [0.15, 0.2) is 0 Å². The third kappa shape index (κ3) is 2.00. The molecule has 0 radical (unpaired) electrons. The van der Waals surface area contributed by atoms with Crippen molar-refractivity contribution in [1.82, 2.24) is 9.55 Å². The summed E-state index contributed by atoms with van der Waals surface area (Å²) in [5.74, 6) is 0.753. The molecule has 0 aliphatic carbocycles. The summed E-state index contributed by atoms with van der Waals surface area (Å²) in [7, 11) is 0. The van der Waals surface area contributed by atoms with Gasteiger partial charge < -0.3 is 0 Å². The molecule has 0 unspecified atom stereocenters. The van der Waals surface area contributed by atoms with Gasteiger partial charge in [0.25, 0.3) is 0 Å². The molecule has 0 spiro atoms. The van der Waals surface area contributed by atoms with Gasteiger partial charge >= 0.3 is 0 Å². The lowest BCUT2D eigenvalue weighted by atomic mass is 10.2. The highest BCUT2D eigenvalue weighted by Crippen LogP contribution is 2.24. The maximum absolute atomic E-state index is 13.6. The monoisotopic (exact) mass is 274 g/mol. The molecule has 0 saturated carbocycles. The molecule has 96 valence electrons. The van der Waals surface area contributed by atoms with Crippen molar-refractivity contribution in [2.75, 3.05) is 0 Å². The molecule has 3 rings (SSSR count). The maximum atomic E-state index is 13.6. The van der Waals surface area contributed by atoms with Gasteiger partial charge in [0, 0.05) is 11.8 Å². The van der Waals surface area contributed by atoms with Crippen molar-refractivity contribution < 1.29 is 4.39 Å². The van der Waals surface area contributed by atoms with Crippen LogP contribution in [0.25, 0.3) is 16.7 Å². The quantitative estimate of drug-likeness (QED) is 0.640. The summed E-state index contributed by atoms with van der Waals surface area (Å²) in [6.45, 7) is 1.75. The zero-order valence-electron chi connectivity index (χ0n) is 10.4. The minimum atomic E-state index is -0.244. The normalized spacial score (nSPS) is 11.1. The number of para-hydroxylation sites is 1. The molecule has 0 aliphatic rings. The van der Waals surface area contributed by atoms with Crippen molar-refractivity contribution in [3.8, 4) is 5.69 Å². The number of aromatic nitrogens is 2. The lowest BCUT2D eigenvalue weighted by molar-refractivity contribution is 0.620. The molecular weight excluding hydrogens is 263 g/mol. The van der Waals surface area contributed by atoms with Crippen LogP contribution in [-0.4, -0.2) is 9.55 Å². The van der Waals surface area contributed by atoms with Crippen LogP contribution in [0.1, 0.15) is 11.4 Å². The molecule has 0 saturated heterocycles.